The Bertz CT molecular complexity index is 1310. The van der Waals surface area contributed by atoms with Gasteiger partial charge < -0.3 is 4.74 Å². The van der Waals surface area contributed by atoms with Crippen molar-refractivity contribution in [1.29, 1.82) is 0 Å². The van der Waals surface area contributed by atoms with Crippen molar-refractivity contribution in [2.45, 2.75) is 39.7 Å². The largest absolute Gasteiger partial charge is 0.493 e. The van der Waals surface area contributed by atoms with Crippen molar-refractivity contribution in [1.82, 2.24) is 9.55 Å². The van der Waals surface area contributed by atoms with Crippen molar-refractivity contribution in [3.8, 4) is 17.1 Å². The molecule has 0 saturated heterocycles. The van der Waals surface area contributed by atoms with Gasteiger partial charge in [0.05, 0.1) is 17.5 Å². The number of hydrogen-bond donors (Lipinski definition) is 0. The van der Waals surface area contributed by atoms with Crippen LogP contribution in [0.2, 0.25) is 10.0 Å². The van der Waals surface area contributed by atoms with Crippen molar-refractivity contribution in [3.63, 3.8) is 0 Å². The van der Waals surface area contributed by atoms with Gasteiger partial charge in [-0.05, 0) is 92.8 Å². The number of para-hydroxylation sites is 1. The zero-order valence-corrected chi connectivity index (χ0v) is 20.3. The minimum atomic E-state index is -0.0192. The lowest BCUT2D eigenvalue weighted by molar-refractivity contribution is 0.300. The fourth-order valence-electron chi connectivity index (χ4n) is 4.04. The second-order valence-electron chi connectivity index (χ2n) is 8.19. The average Bonchev–Trinajstić information content (AvgIpc) is 2.79. The lowest BCUT2D eigenvalue weighted by Gasteiger charge is -2.15. The van der Waals surface area contributed by atoms with Crippen molar-refractivity contribution in [3.05, 3.63) is 92.2 Å². The maximum atomic E-state index is 13.3. The summed E-state index contributed by atoms with van der Waals surface area (Å²) < 4.78 is 7.79. The van der Waals surface area contributed by atoms with Gasteiger partial charge in [0, 0.05) is 22.2 Å². The van der Waals surface area contributed by atoms with Crippen LogP contribution in [0.25, 0.3) is 22.3 Å². The van der Waals surface area contributed by atoms with Gasteiger partial charge in [0.15, 0.2) is 0 Å². The van der Waals surface area contributed by atoms with Gasteiger partial charge in [-0.15, -0.1) is 0 Å². The minimum Gasteiger partial charge on any atom is -0.493 e. The molecule has 0 spiro atoms. The number of rotatable bonds is 8. The van der Waals surface area contributed by atoms with E-state index in [4.69, 9.17) is 32.9 Å². The van der Waals surface area contributed by atoms with E-state index in [9.17, 15) is 4.79 Å². The third kappa shape index (κ3) is 5.40. The van der Waals surface area contributed by atoms with Crippen LogP contribution in [0.1, 0.15) is 30.4 Å². The Balaban J connectivity index is 1.46. The Hall–Kier alpha value is -2.82. The van der Waals surface area contributed by atoms with Crippen LogP contribution in [-0.4, -0.2) is 16.2 Å². The topological polar surface area (TPSA) is 44.1 Å². The lowest BCUT2D eigenvalue weighted by Crippen LogP contribution is -2.23. The van der Waals surface area contributed by atoms with E-state index in [1.165, 1.54) is 0 Å². The van der Waals surface area contributed by atoms with Gasteiger partial charge in [0.25, 0.3) is 5.56 Å². The fraction of sp³-hybridized carbons (Fsp3) is 0.259. The first-order valence-corrected chi connectivity index (χ1v) is 11.8. The molecule has 3 aromatic carbocycles. The predicted octanol–water partition coefficient (Wildman–Crippen LogP) is 7.24. The first-order valence-electron chi connectivity index (χ1n) is 11.1. The highest BCUT2D eigenvalue weighted by atomic mass is 35.5. The summed E-state index contributed by atoms with van der Waals surface area (Å²) in [4.78, 5) is 18.1. The maximum Gasteiger partial charge on any atom is 0.261 e. The third-order valence-corrected chi connectivity index (χ3v) is 6.13. The summed E-state index contributed by atoms with van der Waals surface area (Å²) in [5.41, 5.74) is 3.64. The normalized spacial score (nSPS) is 11.2. The number of nitrogens with zero attached hydrogens (tertiary/aromatic N) is 2. The van der Waals surface area contributed by atoms with Crippen LogP contribution in [0, 0.1) is 13.8 Å². The second-order valence-corrected chi connectivity index (χ2v) is 9.07. The number of hydrogen-bond acceptors (Lipinski definition) is 3. The molecule has 170 valence electrons. The zero-order valence-electron chi connectivity index (χ0n) is 18.8. The van der Waals surface area contributed by atoms with Crippen LogP contribution < -0.4 is 10.3 Å². The van der Waals surface area contributed by atoms with Crippen LogP contribution in [0.3, 0.4) is 0 Å². The SMILES string of the molecule is Cc1cc(Cl)cc(C)c1OCCCCCn1c(-c2ccc(Cl)cc2)nc2ccccc2c1=O. The molecule has 0 N–H and O–H groups in total. The molecule has 0 bridgehead atoms. The summed E-state index contributed by atoms with van der Waals surface area (Å²) in [6.07, 6.45) is 2.68. The first kappa shape index (κ1) is 23.3. The molecule has 0 saturated carbocycles. The monoisotopic (exact) mass is 480 g/mol. The Morgan fingerprint density at radius 3 is 2.30 bits per heavy atom. The van der Waals surface area contributed by atoms with Gasteiger partial charge in [0.1, 0.15) is 11.6 Å². The summed E-state index contributed by atoms with van der Waals surface area (Å²) in [7, 11) is 0. The average molecular weight is 481 g/mol. The smallest absolute Gasteiger partial charge is 0.261 e. The second kappa shape index (κ2) is 10.4. The van der Waals surface area contributed by atoms with Crippen molar-refractivity contribution >= 4 is 34.1 Å². The molecule has 0 radical (unpaired) electrons. The standard InChI is InChI=1S/C27H26Cl2N2O2/c1-18-16-22(29)17-19(2)25(18)33-15-7-3-6-14-31-26(20-10-12-21(28)13-11-20)30-24-9-5-4-8-23(24)27(31)32/h4-5,8-13,16-17H,3,6-7,14-15H2,1-2H3. The molecule has 4 nitrogen and oxygen atoms in total. The molecular formula is C27H26Cl2N2O2. The molecule has 4 rings (SSSR count). The Labute approximate surface area is 203 Å². The van der Waals surface area contributed by atoms with Gasteiger partial charge in [-0.3, -0.25) is 9.36 Å². The predicted molar refractivity (Wildman–Crippen MR) is 137 cm³/mol. The van der Waals surface area contributed by atoms with E-state index in [0.717, 1.165) is 46.7 Å². The summed E-state index contributed by atoms with van der Waals surface area (Å²) in [6, 6.07) is 18.8. The minimum absolute atomic E-state index is 0.0192. The van der Waals surface area contributed by atoms with Gasteiger partial charge in [-0.2, -0.15) is 0 Å². The van der Waals surface area contributed by atoms with E-state index in [2.05, 4.69) is 0 Å². The highest BCUT2D eigenvalue weighted by Crippen LogP contribution is 2.27. The maximum absolute atomic E-state index is 13.3. The molecular weight excluding hydrogens is 455 g/mol. The molecule has 0 unspecified atom stereocenters. The third-order valence-electron chi connectivity index (χ3n) is 5.66. The van der Waals surface area contributed by atoms with E-state index in [1.807, 2.05) is 74.5 Å². The molecule has 0 aliphatic carbocycles. The van der Waals surface area contributed by atoms with Crippen LogP contribution in [0.5, 0.6) is 5.75 Å². The number of halogens is 2. The van der Waals surface area contributed by atoms with Crippen molar-refractivity contribution in [2.75, 3.05) is 6.61 Å². The molecule has 33 heavy (non-hydrogen) atoms. The zero-order chi connectivity index (χ0) is 23.4. The van der Waals surface area contributed by atoms with Gasteiger partial charge in [-0.1, -0.05) is 35.3 Å². The Morgan fingerprint density at radius 1 is 0.879 bits per heavy atom. The number of unbranched alkanes of at least 4 members (excludes halogenated alkanes) is 2. The van der Waals surface area contributed by atoms with Gasteiger partial charge in [-0.25, -0.2) is 4.98 Å². The molecule has 0 amide bonds. The number of ether oxygens (including phenoxy) is 1. The molecule has 0 fully saturated rings. The molecule has 6 heteroatoms. The Morgan fingerprint density at radius 2 is 1.58 bits per heavy atom. The number of benzene rings is 3. The molecule has 0 atom stereocenters. The summed E-state index contributed by atoms with van der Waals surface area (Å²) in [6.45, 7) is 5.23. The summed E-state index contributed by atoms with van der Waals surface area (Å²) in [5.74, 6) is 1.57. The summed E-state index contributed by atoms with van der Waals surface area (Å²) >= 11 is 12.2. The number of aryl methyl sites for hydroxylation is 2. The van der Waals surface area contributed by atoms with Crippen LogP contribution >= 0.6 is 23.2 Å². The Kier molecular flexibility index (Phi) is 7.36. The van der Waals surface area contributed by atoms with Crippen molar-refractivity contribution < 1.29 is 4.74 Å². The van der Waals surface area contributed by atoms with E-state index < -0.39 is 0 Å². The number of fused-ring (bicyclic) bond motifs is 1. The summed E-state index contributed by atoms with van der Waals surface area (Å²) in [5, 5.41) is 2.01. The van der Waals surface area contributed by atoms with Crippen LogP contribution in [0.4, 0.5) is 0 Å². The molecule has 1 heterocycles. The quantitative estimate of drug-likeness (QED) is 0.249. The van der Waals surface area contributed by atoms with E-state index in [1.54, 1.807) is 4.57 Å². The first-order chi connectivity index (χ1) is 15.9. The number of aromatic nitrogens is 2. The lowest BCUT2D eigenvalue weighted by atomic mass is 10.1. The highest BCUT2D eigenvalue weighted by Gasteiger charge is 2.13. The highest BCUT2D eigenvalue weighted by molar-refractivity contribution is 6.31. The fourth-order valence-corrected chi connectivity index (χ4v) is 4.50. The van der Waals surface area contributed by atoms with E-state index in [0.29, 0.717) is 34.9 Å². The van der Waals surface area contributed by atoms with Crippen LogP contribution in [0.15, 0.2) is 65.5 Å². The van der Waals surface area contributed by atoms with Gasteiger partial charge in [0.2, 0.25) is 0 Å². The molecule has 1 aromatic heterocycles. The van der Waals surface area contributed by atoms with Gasteiger partial charge >= 0.3 is 0 Å². The molecule has 0 aliphatic heterocycles. The van der Waals surface area contributed by atoms with E-state index >= 15 is 0 Å². The van der Waals surface area contributed by atoms with Crippen molar-refractivity contribution in [2.24, 2.45) is 0 Å². The molecule has 4 aromatic rings. The van der Waals surface area contributed by atoms with Crippen LogP contribution in [-0.2, 0) is 6.54 Å². The molecule has 0 aliphatic rings. The van der Waals surface area contributed by atoms with E-state index in [-0.39, 0.29) is 5.56 Å².